The third kappa shape index (κ3) is 4.70. The van der Waals surface area contributed by atoms with Crippen LogP contribution >= 0.6 is 0 Å². The Labute approximate surface area is 194 Å². The van der Waals surface area contributed by atoms with Crippen LogP contribution in [0.4, 0.5) is 5.69 Å². The fourth-order valence-corrected chi connectivity index (χ4v) is 5.18. The molecule has 0 unspecified atom stereocenters. The van der Waals surface area contributed by atoms with Crippen molar-refractivity contribution in [3.8, 4) is 0 Å². The Morgan fingerprint density at radius 3 is 2.52 bits per heavy atom. The Kier molecular flexibility index (Phi) is 6.24. The van der Waals surface area contributed by atoms with Crippen molar-refractivity contribution in [1.29, 1.82) is 0 Å². The van der Waals surface area contributed by atoms with Crippen molar-refractivity contribution in [1.82, 2.24) is 14.9 Å². The number of carbonyl (C=O) groups is 2. The van der Waals surface area contributed by atoms with E-state index in [0.717, 1.165) is 49.9 Å². The van der Waals surface area contributed by atoms with Crippen LogP contribution in [0.5, 0.6) is 0 Å². The van der Waals surface area contributed by atoms with E-state index >= 15 is 0 Å². The van der Waals surface area contributed by atoms with Gasteiger partial charge in [0.2, 0.25) is 11.8 Å². The molecule has 1 saturated carbocycles. The second kappa shape index (κ2) is 9.61. The normalized spacial score (nSPS) is 19.8. The van der Waals surface area contributed by atoms with E-state index in [-0.39, 0.29) is 23.7 Å². The molecule has 6 nitrogen and oxygen atoms in total. The Morgan fingerprint density at radius 2 is 1.73 bits per heavy atom. The molecule has 0 radical (unpaired) electrons. The molecule has 2 amide bonds. The molecule has 0 saturated heterocycles. The summed E-state index contributed by atoms with van der Waals surface area (Å²) < 4.78 is 2.02. The van der Waals surface area contributed by atoms with Gasteiger partial charge in [-0.1, -0.05) is 55.3 Å². The predicted octanol–water partition coefficient (Wildman–Crippen LogP) is 3.94. The lowest BCUT2D eigenvalue weighted by molar-refractivity contribution is -0.135. The van der Waals surface area contributed by atoms with Gasteiger partial charge in [-0.3, -0.25) is 9.59 Å². The van der Waals surface area contributed by atoms with Gasteiger partial charge in [-0.05, 0) is 42.0 Å². The predicted molar refractivity (Wildman–Crippen MR) is 128 cm³/mol. The standard InChI is InChI=1S/C27H30N4O2/c32-26(29-17-20-9-11-21(12-10-20)18-30-16-14-28-19-30)23-6-2-3-7-24(23)27(33)31-15-13-22-5-1-4-8-25(22)31/h1,4-5,8-12,14,16,19,23-24H,2-3,6-7,13,15,17-18H2,(H,29,32)/t23-,24-/m1/s1. The Balaban J connectivity index is 1.21. The highest BCUT2D eigenvalue weighted by Crippen LogP contribution is 2.36. The van der Waals surface area contributed by atoms with Gasteiger partial charge in [0, 0.05) is 43.6 Å². The maximum atomic E-state index is 13.5. The topological polar surface area (TPSA) is 67.2 Å². The third-order valence-electron chi connectivity index (χ3n) is 6.99. The first-order valence-corrected chi connectivity index (χ1v) is 11.9. The number of anilines is 1. The number of rotatable bonds is 6. The molecule has 2 aliphatic rings. The third-order valence-corrected chi connectivity index (χ3v) is 6.99. The van der Waals surface area contributed by atoms with Crippen LogP contribution in [-0.4, -0.2) is 27.9 Å². The highest BCUT2D eigenvalue weighted by Gasteiger charge is 2.39. The van der Waals surface area contributed by atoms with Crippen molar-refractivity contribution >= 4 is 17.5 Å². The molecule has 2 heterocycles. The average Bonchev–Trinajstić information content (AvgIpc) is 3.53. The summed E-state index contributed by atoms with van der Waals surface area (Å²) in [6, 6.07) is 16.4. The Hall–Kier alpha value is -3.41. The van der Waals surface area contributed by atoms with Crippen LogP contribution in [0.15, 0.2) is 67.3 Å². The van der Waals surface area contributed by atoms with Gasteiger partial charge >= 0.3 is 0 Å². The van der Waals surface area contributed by atoms with Gasteiger partial charge in [-0.2, -0.15) is 0 Å². The highest BCUT2D eigenvalue weighted by atomic mass is 16.2. The molecule has 170 valence electrons. The van der Waals surface area contributed by atoms with Crippen LogP contribution in [0.25, 0.3) is 0 Å². The summed E-state index contributed by atoms with van der Waals surface area (Å²) in [5.41, 5.74) is 4.49. The largest absolute Gasteiger partial charge is 0.352 e. The number of hydrogen-bond acceptors (Lipinski definition) is 3. The van der Waals surface area contributed by atoms with E-state index in [0.29, 0.717) is 13.1 Å². The molecule has 1 aliphatic carbocycles. The van der Waals surface area contributed by atoms with Gasteiger partial charge in [0.1, 0.15) is 0 Å². The monoisotopic (exact) mass is 442 g/mol. The van der Waals surface area contributed by atoms with Gasteiger partial charge in [0.15, 0.2) is 0 Å². The van der Waals surface area contributed by atoms with Gasteiger partial charge < -0.3 is 14.8 Å². The number of fused-ring (bicyclic) bond motifs is 1. The van der Waals surface area contributed by atoms with Crippen molar-refractivity contribution in [2.45, 2.75) is 45.2 Å². The minimum absolute atomic E-state index is 0.00280. The van der Waals surface area contributed by atoms with Crippen LogP contribution in [0.3, 0.4) is 0 Å². The van der Waals surface area contributed by atoms with E-state index in [4.69, 9.17) is 0 Å². The molecule has 1 aromatic heterocycles. The number of aromatic nitrogens is 2. The van der Waals surface area contributed by atoms with E-state index in [1.807, 2.05) is 33.9 Å². The van der Waals surface area contributed by atoms with E-state index in [1.54, 1.807) is 12.5 Å². The maximum Gasteiger partial charge on any atom is 0.230 e. The van der Waals surface area contributed by atoms with Crippen LogP contribution in [0.1, 0.15) is 42.4 Å². The number of para-hydroxylation sites is 1. The van der Waals surface area contributed by atoms with Crippen molar-refractivity contribution < 1.29 is 9.59 Å². The number of amides is 2. The molecular formula is C27H30N4O2. The molecule has 5 rings (SSSR count). The zero-order valence-electron chi connectivity index (χ0n) is 18.8. The van der Waals surface area contributed by atoms with Gasteiger partial charge in [0.05, 0.1) is 12.2 Å². The average molecular weight is 443 g/mol. The van der Waals surface area contributed by atoms with Crippen LogP contribution in [-0.2, 0) is 29.1 Å². The van der Waals surface area contributed by atoms with E-state index in [2.05, 4.69) is 40.6 Å². The molecular weight excluding hydrogens is 412 g/mol. The summed E-state index contributed by atoms with van der Waals surface area (Å²) in [6.45, 7) is 1.97. The van der Waals surface area contributed by atoms with Gasteiger partial charge in [0.25, 0.3) is 0 Å². The van der Waals surface area contributed by atoms with Crippen molar-refractivity contribution in [3.05, 3.63) is 83.9 Å². The number of carbonyl (C=O) groups excluding carboxylic acids is 2. The lowest BCUT2D eigenvalue weighted by Crippen LogP contribution is -2.45. The fraction of sp³-hybridized carbons (Fsp3) is 0.370. The lowest BCUT2D eigenvalue weighted by Gasteiger charge is -2.32. The molecule has 2 aromatic carbocycles. The zero-order chi connectivity index (χ0) is 22.6. The van der Waals surface area contributed by atoms with E-state index in [1.165, 1.54) is 11.1 Å². The summed E-state index contributed by atoms with van der Waals surface area (Å²) in [7, 11) is 0. The van der Waals surface area contributed by atoms with Crippen LogP contribution in [0, 0.1) is 11.8 Å². The van der Waals surface area contributed by atoms with Gasteiger partial charge in [-0.25, -0.2) is 4.98 Å². The summed E-state index contributed by atoms with van der Waals surface area (Å²) in [5, 5.41) is 3.10. The summed E-state index contributed by atoms with van der Waals surface area (Å²) in [4.78, 5) is 32.6. The Morgan fingerprint density at radius 1 is 0.970 bits per heavy atom. The highest BCUT2D eigenvalue weighted by molar-refractivity contribution is 5.99. The van der Waals surface area contributed by atoms with Crippen LogP contribution in [0.2, 0.25) is 0 Å². The van der Waals surface area contributed by atoms with Crippen molar-refractivity contribution in [3.63, 3.8) is 0 Å². The molecule has 0 spiro atoms. The molecule has 1 fully saturated rings. The molecule has 1 aliphatic heterocycles. The minimum Gasteiger partial charge on any atom is -0.352 e. The molecule has 0 bridgehead atoms. The van der Waals surface area contributed by atoms with Crippen molar-refractivity contribution in [2.75, 3.05) is 11.4 Å². The second-order valence-corrected chi connectivity index (χ2v) is 9.14. The zero-order valence-corrected chi connectivity index (χ0v) is 18.8. The summed E-state index contributed by atoms with van der Waals surface area (Å²) >= 11 is 0. The maximum absolute atomic E-state index is 13.5. The fourth-order valence-electron chi connectivity index (χ4n) is 5.18. The lowest BCUT2D eigenvalue weighted by atomic mass is 9.77. The SMILES string of the molecule is O=C(NCc1ccc(Cn2ccnc2)cc1)[C@@H]1CCCC[C@H]1C(=O)N1CCc2ccccc21. The first-order chi connectivity index (χ1) is 16.2. The quantitative estimate of drug-likeness (QED) is 0.629. The summed E-state index contributed by atoms with van der Waals surface area (Å²) in [6.07, 6.45) is 9.99. The number of imidazole rings is 1. The molecule has 3 aromatic rings. The molecule has 1 N–H and O–H groups in total. The van der Waals surface area contributed by atoms with E-state index < -0.39 is 0 Å². The van der Waals surface area contributed by atoms with E-state index in [9.17, 15) is 9.59 Å². The molecule has 6 heteroatoms. The number of nitrogens with one attached hydrogen (secondary N) is 1. The smallest absolute Gasteiger partial charge is 0.230 e. The second-order valence-electron chi connectivity index (χ2n) is 9.14. The Bertz CT molecular complexity index is 1110. The molecule has 2 atom stereocenters. The van der Waals surface area contributed by atoms with Crippen LogP contribution < -0.4 is 10.2 Å². The summed E-state index contributed by atoms with van der Waals surface area (Å²) in [5.74, 6) is -0.367. The van der Waals surface area contributed by atoms with Gasteiger partial charge in [-0.15, -0.1) is 0 Å². The minimum atomic E-state index is -0.250. The number of nitrogens with zero attached hydrogens (tertiary/aromatic N) is 3. The van der Waals surface area contributed by atoms with Crippen molar-refractivity contribution in [2.24, 2.45) is 11.8 Å². The number of hydrogen-bond donors (Lipinski definition) is 1. The molecule has 33 heavy (non-hydrogen) atoms. The first-order valence-electron chi connectivity index (χ1n) is 11.9. The number of benzene rings is 2. The first kappa shape index (κ1) is 21.4.